The molecule has 0 spiro atoms. The molecule has 2 saturated heterocycles. The van der Waals surface area contributed by atoms with Gasteiger partial charge in [-0.3, -0.25) is 4.79 Å². The lowest BCUT2D eigenvalue weighted by Gasteiger charge is -2.38. The van der Waals surface area contributed by atoms with Crippen LogP contribution in [0.4, 0.5) is 5.82 Å². The van der Waals surface area contributed by atoms with Crippen LogP contribution < -0.4 is 16.0 Å². The summed E-state index contributed by atoms with van der Waals surface area (Å²) in [5.41, 5.74) is 6.50. The first kappa shape index (κ1) is 15.4. The van der Waals surface area contributed by atoms with E-state index in [9.17, 15) is 4.79 Å². The van der Waals surface area contributed by atoms with E-state index < -0.39 is 5.91 Å². The third kappa shape index (κ3) is 2.84. The summed E-state index contributed by atoms with van der Waals surface area (Å²) in [4.78, 5) is 22.2. The van der Waals surface area contributed by atoms with Crippen LogP contribution in [-0.2, 0) is 0 Å². The molecule has 4 heterocycles. The number of carbonyl (C=O) groups excluding carboxylic acids is 1. The first-order chi connectivity index (χ1) is 11.7. The normalized spacial score (nSPS) is 20.6. The zero-order chi connectivity index (χ0) is 16.5. The van der Waals surface area contributed by atoms with Gasteiger partial charge in [0.2, 0.25) is 0 Å². The van der Waals surface area contributed by atoms with Gasteiger partial charge in [0.05, 0.1) is 0 Å². The van der Waals surface area contributed by atoms with Crippen LogP contribution in [0, 0.1) is 11.8 Å². The highest BCUT2D eigenvalue weighted by molar-refractivity contribution is 5.96. The van der Waals surface area contributed by atoms with Crippen molar-refractivity contribution in [1.82, 2.24) is 15.3 Å². The van der Waals surface area contributed by atoms with E-state index in [1.54, 1.807) is 6.07 Å². The first-order valence-electron chi connectivity index (χ1n) is 8.72. The lowest BCUT2D eigenvalue weighted by Crippen LogP contribution is -2.39. The van der Waals surface area contributed by atoms with Gasteiger partial charge in [0.15, 0.2) is 17.2 Å². The number of fused-ring (bicyclic) bond motifs is 1. The molecular formula is C17H23N5O2. The summed E-state index contributed by atoms with van der Waals surface area (Å²) in [5, 5.41) is 3.44. The third-order valence-corrected chi connectivity index (χ3v) is 5.42. The number of carbonyl (C=O) groups is 1. The quantitative estimate of drug-likeness (QED) is 0.886. The number of rotatable bonds is 3. The maximum absolute atomic E-state index is 11.3. The Labute approximate surface area is 140 Å². The van der Waals surface area contributed by atoms with Crippen LogP contribution in [0.25, 0.3) is 11.1 Å². The van der Waals surface area contributed by atoms with Gasteiger partial charge in [0.1, 0.15) is 11.8 Å². The van der Waals surface area contributed by atoms with Crippen LogP contribution in [0.2, 0.25) is 0 Å². The molecule has 0 bridgehead atoms. The number of hydrogen-bond donors (Lipinski definition) is 2. The fraction of sp³-hybridized carbons (Fsp3) is 0.588. The Morgan fingerprint density at radius 1 is 1.17 bits per heavy atom. The number of amides is 1. The number of aromatic nitrogens is 2. The number of furan rings is 1. The molecule has 0 aliphatic carbocycles. The molecule has 24 heavy (non-hydrogen) atoms. The van der Waals surface area contributed by atoms with Gasteiger partial charge in [0.25, 0.3) is 5.91 Å². The Morgan fingerprint density at radius 3 is 2.58 bits per heavy atom. The van der Waals surface area contributed by atoms with Gasteiger partial charge in [0, 0.05) is 19.2 Å². The van der Waals surface area contributed by atoms with Crippen LogP contribution in [0.3, 0.4) is 0 Å². The lowest BCUT2D eigenvalue weighted by atomic mass is 9.79. The zero-order valence-electron chi connectivity index (χ0n) is 13.7. The molecule has 2 aromatic heterocycles. The molecule has 0 unspecified atom stereocenters. The van der Waals surface area contributed by atoms with Crippen LogP contribution in [0.15, 0.2) is 16.8 Å². The molecule has 2 aliphatic heterocycles. The third-order valence-electron chi connectivity index (χ3n) is 5.42. The van der Waals surface area contributed by atoms with E-state index in [1.165, 1.54) is 32.0 Å². The second kappa shape index (κ2) is 6.39. The number of primary amides is 1. The van der Waals surface area contributed by atoms with Crippen molar-refractivity contribution in [3.05, 3.63) is 18.2 Å². The van der Waals surface area contributed by atoms with Crippen molar-refractivity contribution < 1.29 is 9.21 Å². The minimum atomic E-state index is -0.580. The fourth-order valence-corrected chi connectivity index (χ4v) is 4.09. The van der Waals surface area contributed by atoms with Gasteiger partial charge in [-0.1, -0.05) is 0 Å². The molecule has 128 valence electrons. The lowest BCUT2D eigenvalue weighted by molar-refractivity contribution is 0.0976. The largest absolute Gasteiger partial charge is 0.445 e. The number of anilines is 1. The molecule has 7 heteroatoms. The van der Waals surface area contributed by atoms with E-state index in [4.69, 9.17) is 10.2 Å². The highest BCUT2D eigenvalue weighted by Gasteiger charge is 2.29. The van der Waals surface area contributed by atoms with Gasteiger partial charge in [-0.15, -0.1) is 0 Å². The molecule has 2 aromatic rings. The number of nitrogens with two attached hydrogens (primary N) is 1. The molecule has 2 aliphatic rings. The van der Waals surface area contributed by atoms with Gasteiger partial charge in [-0.25, -0.2) is 9.97 Å². The van der Waals surface area contributed by atoms with Gasteiger partial charge >= 0.3 is 0 Å². The summed E-state index contributed by atoms with van der Waals surface area (Å²) in [7, 11) is 0. The van der Waals surface area contributed by atoms with E-state index >= 15 is 0 Å². The fourth-order valence-electron chi connectivity index (χ4n) is 4.09. The van der Waals surface area contributed by atoms with E-state index in [-0.39, 0.29) is 5.76 Å². The SMILES string of the molecule is NC(=O)c1cc2ncnc(N3CCC(C4CCNCC4)CC3)c2o1. The maximum Gasteiger partial charge on any atom is 0.284 e. The minimum absolute atomic E-state index is 0.136. The van der Waals surface area contributed by atoms with Crippen molar-refractivity contribution >= 4 is 22.8 Å². The van der Waals surface area contributed by atoms with Crippen molar-refractivity contribution in [3.63, 3.8) is 0 Å². The smallest absolute Gasteiger partial charge is 0.284 e. The standard InChI is InChI=1S/C17H23N5O2/c18-16(23)14-9-13-15(24-14)17(21-10-20-13)22-7-3-12(4-8-22)11-1-5-19-6-2-11/h9-12,19H,1-8H2,(H2,18,23). The maximum atomic E-state index is 11.3. The molecule has 3 N–H and O–H groups in total. The minimum Gasteiger partial charge on any atom is -0.445 e. The van der Waals surface area contributed by atoms with Gasteiger partial charge < -0.3 is 20.4 Å². The van der Waals surface area contributed by atoms with Crippen molar-refractivity contribution in [2.75, 3.05) is 31.1 Å². The molecular weight excluding hydrogens is 306 g/mol. The van der Waals surface area contributed by atoms with Crippen molar-refractivity contribution in [3.8, 4) is 0 Å². The summed E-state index contributed by atoms with van der Waals surface area (Å²) in [6, 6.07) is 1.59. The summed E-state index contributed by atoms with van der Waals surface area (Å²) < 4.78 is 5.61. The summed E-state index contributed by atoms with van der Waals surface area (Å²) in [6.45, 7) is 4.24. The molecule has 0 radical (unpaired) electrons. The molecule has 7 nitrogen and oxygen atoms in total. The first-order valence-corrected chi connectivity index (χ1v) is 8.72. The molecule has 0 aromatic carbocycles. The van der Waals surface area contributed by atoms with E-state index in [2.05, 4.69) is 20.2 Å². The number of piperidine rings is 2. The average Bonchev–Trinajstić information content (AvgIpc) is 3.07. The molecule has 0 saturated carbocycles. The predicted octanol–water partition coefficient (Wildman–Crippen LogP) is 1.54. The topological polar surface area (TPSA) is 97.3 Å². The molecule has 4 rings (SSSR count). The van der Waals surface area contributed by atoms with Crippen LogP contribution >= 0.6 is 0 Å². The summed E-state index contributed by atoms with van der Waals surface area (Å²) >= 11 is 0. The van der Waals surface area contributed by atoms with E-state index in [0.29, 0.717) is 11.1 Å². The Morgan fingerprint density at radius 2 is 1.88 bits per heavy atom. The van der Waals surface area contributed by atoms with Crippen LogP contribution in [0.5, 0.6) is 0 Å². The molecule has 0 atom stereocenters. The van der Waals surface area contributed by atoms with E-state index in [1.807, 2.05) is 0 Å². The summed E-state index contributed by atoms with van der Waals surface area (Å²) in [6.07, 6.45) is 6.47. The Hall–Kier alpha value is -2.15. The second-order valence-electron chi connectivity index (χ2n) is 6.80. The number of hydrogen-bond acceptors (Lipinski definition) is 6. The van der Waals surface area contributed by atoms with Gasteiger partial charge in [-0.2, -0.15) is 0 Å². The monoisotopic (exact) mass is 329 g/mol. The van der Waals surface area contributed by atoms with Crippen LogP contribution in [0.1, 0.15) is 36.2 Å². The highest BCUT2D eigenvalue weighted by atomic mass is 16.3. The van der Waals surface area contributed by atoms with Crippen LogP contribution in [-0.4, -0.2) is 42.1 Å². The number of nitrogens with zero attached hydrogens (tertiary/aromatic N) is 3. The molecule has 1 amide bonds. The highest BCUT2D eigenvalue weighted by Crippen LogP contribution is 2.34. The Balaban J connectivity index is 1.51. The second-order valence-corrected chi connectivity index (χ2v) is 6.80. The zero-order valence-corrected chi connectivity index (χ0v) is 13.7. The van der Waals surface area contributed by atoms with E-state index in [0.717, 1.165) is 43.8 Å². The Bertz CT molecular complexity index is 730. The molecule has 2 fully saturated rings. The Kier molecular flexibility index (Phi) is 4.10. The van der Waals surface area contributed by atoms with Crippen molar-refractivity contribution in [1.29, 1.82) is 0 Å². The predicted molar refractivity (Wildman–Crippen MR) is 90.9 cm³/mol. The van der Waals surface area contributed by atoms with Gasteiger partial charge in [-0.05, 0) is 50.6 Å². The average molecular weight is 329 g/mol. The number of nitrogens with one attached hydrogen (secondary N) is 1. The van der Waals surface area contributed by atoms with Crippen molar-refractivity contribution in [2.24, 2.45) is 17.6 Å². The van der Waals surface area contributed by atoms with Crippen molar-refractivity contribution in [2.45, 2.75) is 25.7 Å². The summed E-state index contributed by atoms with van der Waals surface area (Å²) in [5.74, 6) is 1.98.